The summed E-state index contributed by atoms with van der Waals surface area (Å²) in [6.45, 7) is 6.02. The van der Waals surface area contributed by atoms with E-state index in [0.717, 1.165) is 23.9 Å². The molecule has 0 fully saturated rings. The highest BCUT2D eigenvalue weighted by molar-refractivity contribution is 6.27. The van der Waals surface area contributed by atoms with Gasteiger partial charge in [-0.3, -0.25) is 4.98 Å². The molecule has 0 bridgehead atoms. The Kier molecular flexibility index (Phi) is 7.20. The summed E-state index contributed by atoms with van der Waals surface area (Å²) >= 11 is 5.95. The maximum absolute atomic E-state index is 5.95. The fourth-order valence-electron chi connectivity index (χ4n) is 1.94. The van der Waals surface area contributed by atoms with E-state index < -0.39 is 0 Å². The lowest BCUT2D eigenvalue weighted by atomic mass is 10.2. The lowest BCUT2D eigenvalue weighted by Gasteiger charge is -1.91. The van der Waals surface area contributed by atoms with E-state index in [2.05, 4.69) is 31.0 Å². The summed E-state index contributed by atoms with van der Waals surface area (Å²) in [6.07, 6.45) is 5.79. The van der Waals surface area contributed by atoms with Crippen LogP contribution >= 0.6 is 11.6 Å². The highest BCUT2D eigenvalue weighted by atomic mass is 35.5. The molecule has 0 saturated carbocycles. The van der Waals surface area contributed by atoms with E-state index in [4.69, 9.17) is 11.6 Å². The van der Waals surface area contributed by atoms with Gasteiger partial charge in [-0.05, 0) is 26.0 Å². The maximum Gasteiger partial charge on any atom is 0.354 e. The number of fused-ring (bicyclic) bond motifs is 1. The molecule has 0 atom stereocenters. The molecule has 0 aliphatic carbocycles. The van der Waals surface area contributed by atoms with Crippen molar-refractivity contribution in [2.45, 2.75) is 26.9 Å². The minimum absolute atomic E-state index is 0. The molecule has 112 valence electrons. The molecule has 0 N–H and O–H groups in total. The van der Waals surface area contributed by atoms with Crippen molar-refractivity contribution in [1.29, 1.82) is 0 Å². The van der Waals surface area contributed by atoms with Gasteiger partial charge in [-0.1, -0.05) is 24.3 Å². The van der Waals surface area contributed by atoms with Gasteiger partial charge in [-0.15, -0.1) is 0 Å². The molecule has 0 amide bonds. The number of hydrogen-bond donors (Lipinski definition) is 0. The van der Waals surface area contributed by atoms with Gasteiger partial charge >= 0.3 is 5.28 Å². The normalized spacial score (nSPS) is 9.67. The highest BCUT2D eigenvalue weighted by Gasteiger charge is 2.09. The van der Waals surface area contributed by atoms with Crippen LogP contribution in [0.1, 0.15) is 13.8 Å². The Hall–Kier alpha value is -1.58. The van der Waals surface area contributed by atoms with Crippen LogP contribution in [0.15, 0.2) is 55.0 Å². The first-order valence-corrected chi connectivity index (χ1v) is 7.18. The van der Waals surface area contributed by atoms with Crippen LogP contribution in [0.4, 0.5) is 0 Å². The number of rotatable bonds is 2. The fourth-order valence-corrected chi connectivity index (χ4v) is 2.29. The van der Waals surface area contributed by atoms with Crippen molar-refractivity contribution in [2.75, 3.05) is 0 Å². The number of benzene rings is 1. The van der Waals surface area contributed by atoms with Crippen molar-refractivity contribution in [2.24, 2.45) is 0 Å². The third-order valence-corrected chi connectivity index (χ3v) is 3.53. The van der Waals surface area contributed by atoms with Crippen LogP contribution in [0.2, 0.25) is 5.28 Å². The van der Waals surface area contributed by atoms with Gasteiger partial charge in [0.2, 0.25) is 0 Å². The Morgan fingerprint density at radius 3 is 2.43 bits per heavy atom. The monoisotopic (exact) mass is 323 g/mol. The van der Waals surface area contributed by atoms with E-state index in [1.54, 1.807) is 0 Å². The smallest absolute Gasteiger partial charge is 0.354 e. The molecule has 0 aliphatic heterocycles. The van der Waals surface area contributed by atoms with Crippen LogP contribution in [-0.4, -0.2) is 9.55 Å². The number of halogens is 2. The molecule has 2 aromatic heterocycles. The lowest BCUT2D eigenvalue weighted by molar-refractivity contribution is -0.690. The summed E-state index contributed by atoms with van der Waals surface area (Å²) < 4.78 is 4.01. The molecule has 5 heteroatoms. The van der Waals surface area contributed by atoms with E-state index in [1.165, 1.54) is 5.39 Å². The van der Waals surface area contributed by atoms with E-state index in [-0.39, 0.29) is 12.4 Å². The molecule has 3 aromatic rings. The Morgan fingerprint density at radius 2 is 1.86 bits per heavy atom. The molecule has 3 nitrogen and oxygen atoms in total. The van der Waals surface area contributed by atoms with E-state index in [9.17, 15) is 0 Å². The molecule has 0 saturated heterocycles. The van der Waals surface area contributed by atoms with Crippen molar-refractivity contribution in [1.82, 2.24) is 9.55 Å². The summed E-state index contributed by atoms with van der Waals surface area (Å²) in [5.74, 6) is 0. The number of imidazole rings is 1. The molecule has 0 unspecified atom stereocenters. The Morgan fingerprint density at radius 1 is 1.14 bits per heavy atom. The molecular formula is C16H19Cl2N3. The fraction of sp³-hybridized carbons (Fsp3) is 0.250. The van der Waals surface area contributed by atoms with Gasteiger partial charge in [0.25, 0.3) is 0 Å². The van der Waals surface area contributed by atoms with Crippen molar-refractivity contribution in [3.8, 4) is 0 Å². The average Bonchev–Trinajstić information content (AvgIpc) is 2.88. The first kappa shape index (κ1) is 17.5. The standard InChI is InChI=1S/C9H7N.C7H12ClN2.ClH/c1-2-6-9-8(4-1)5-3-7-10-9;1-3-9-5-6-10(4-2)7(9)8;/h1-7H;5-6H,3-4H2,1-2H3;1H/q;+1;/p-1. The summed E-state index contributed by atoms with van der Waals surface area (Å²) in [6, 6.07) is 12.1. The summed E-state index contributed by atoms with van der Waals surface area (Å²) in [7, 11) is 0. The van der Waals surface area contributed by atoms with Gasteiger partial charge < -0.3 is 12.4 Å². The van der Waals surface area contributed by atoms with Crippen molar-refractivity contribution in [3.05, 3.63) is 60.3 Å². The number of aryl methyl sites for hydroxylation is 2. The minimum atomic E-state index is 0. The Labute approximate surface area is 136 Å². The van der Waals surface area contributed by atoms with Crippen LogP contribution in [-0.2, 0) is 13.1 Å². The number of nitrogens with zero attached hydrogens (tertiary/aromatic N) is 3. The molecule has 0 radical (unpaired) electrons. The lowest BCUT2D eigenvalue weighted by Crippen LogP contribution is -3.00. The van der Waals surface area contributed by atoms with E-state index >= 15 is 0 Å². The second kappa shape index (κ2) is 8.65. The summed E-state index contributed by atoms with van der Waals surface area (Å²) in [5, 5.41) is 2.01. The molecule has 1 aromatic carbocycles. The molecule has 0 spiro atoms. The third kappa shape index (κ3) is 4.45. The van der Waals surface area contributed by atoms with Crippen LogP contribution < -0.4 is 17.0 Å². The zero-order chi connectivity index (χ0) is 14.4. The Bertz CT molecular complexity index is 593. The van der Waals surface area contributed by atoms with Gasteiger partial charge in [0.05, 0.1) is 18.6 Å². The predicted octanol–water partition coefficient (Wildman–Crippen LogP) is 0.708. The summed E-state index contributed by atoms with van der Waals surface area (Å²) in [4.78, 5) is 4.18. The van der Waals surface area contributed by atoms with Crippen LogP contribution in [0.25, 0.3) is 10.9 Å². The van der Waals surface area contributed by atoms with Gasteiger partial charge in [-0.25, -0.2) is 9.13 Å². The van der Waals surface area contributed by atoms with Crippen molar-refractivity contribution in [3.63, 3.8) is 0 Å². The van der Waals surface area contributed by atoms with Gasteiger partial charge in [0, 0.05) is 23.2 Å². The maximum atomic E-state index is 5.95. The Balaban J connectivity index is 0.000000200. The number of aromatic nitrogens is 3. The largest absolute Gasteiger partial charge is 1.00 e. The van der Waals surface area contributed by atoms with Gasteiger partial charge in [-0.2, -0.15) is 0 Å². The zero-order valence-corrected chi connectivity index (χ0v) is 13.7. The third-order valence-electron chi connectivity index (χ3n) is 3.09. The van der Waals surface area contributed by atoms with Crippen LogP contribution in [0, 0.1) is 0 Å². The minimum Gasteiger partial charge on any atom is -1.00 e. The van der Waals surface area contributed by atoms with Crippen molar-refractivity contribution >= 4 is 22.5 Å². The first-order chi connectivity index (χ1) is 9.76. The SMILES string of the molecule is CCn1cc[n+](CC)c1Cl.[Cl-].c1ccc2ncccc2c1. The highest BCUT2D eigenvalue weighted by Crippen LogP contribution is 2.07. The predicted molar refractivity (Wildman–Crippen MR) is 82.7 cm³/mol. The van der Waals surface area contributed by atoms with Gasteiger partial charge in [0.15, 0.2) is 0 Å². The number of hydrogen-bond acceptors (Lipinski definition) is 1. The van der Waals surface area contributed by atoms with E-state index in [1.807, 2.05) is 52.0 Å². The van der Waals surface area contributed by atoms with Crippen molar-refractivity contribution < 1.29 is 17.0 Å². The molecule has 0 aliphatic rings. The topological polar surface area (TPSA) is 21.7 Å². The van der Waals surface area contributed by atoms with E-state index in [0.29, 0.717) is 0 Å². The zero-order valence-electron chi connectivity index (χ0n) is 12.2. The number of pyridine rings is 1. The average molecular weight is 324 g/mol. The molecular weight excluding hydrogens is 305 g/mol. The summed E-state index contributed by atoms with van der Waals surface area (Å²) in [5.41, 5.74) is 1.06. The first-order valence-electron chi connectivity index (χ1n) is 6.80. The second-order valence-corrected chi connectivity index (χ2v) is 4.67. The van der Waals surface area contributed by atoms with Crippen LogP contribution in [0.5, 0.6) is 0 Å². The number of para-hydroxylation sites is 1. The molecule has 2 heterocycles. The van der Waals surface area contributed by atoms with Crippen LogP contribution in [0.3, 0.4) is 0 Å². The van der Waals surface area contributed by atoms with Gasteiger partial charge in [0.1, 0.15) is 12.4 Å². The molecule has 3 rings (SSSR count). The molecule has 21 heavy (non-hydrogen) atoms. The second-order valence-electron chi connectivity index (χ2n) is 4.34. The quantitative estimate of drug-likeness (QED) is 0.636.